The second-order valence-electron chi connectivity index (χ2n) is 9.08. The number of hydrogen-bond acceptors (Lipinski definition) is 11. The molecule has 0 radical (unpaired) electrons. The Balaban J connectivity index is 1.09. The van der Waals surface area contributed by atoms with Crippen molar-refractivity contribution >= 4 is 40.9 Å². The van der Waals surface area contributed by atoms with Crippen LogP contribution in [-0.4, -0.2) is 54.2 Å². The topological polar surface area (TPSA) is 111 Å². The number of aliphatic imine (C=N–C) groups is 2. The Morgan fingerprint density at radius 1 is 1.05 bits per heavy atom. The van der Waals surface area contributed by atoms with Crippen LogP contribution >= 0.6 is 12.2 Å². The molecule has 0 fully saturated rings. The minimum Gasteiger partial charge on any atom is -0.493 e. The number of ether oxygens (including phenoxy) is 4. The lowest BCUT2D eigenvalue weighted by Crippen LogP contribution is -2.33. The van der Waals surface area contributed by atoms with Gasteiger partial charge >= 0.3 is 0 Å². The fourth-order valence-corrected chi connectivity index (χ4v) is 5.06. The molecule has 0 spiro atoms. The van der Waals surface area contributed by atoms with Crippen molar-refractivity contribution in [2.75, 3.05) is 31.6 Å². The van der Waals surface area contributed by atoms with Gasteiger partial charge in [0.1, 0.15) is 18.3 Å². The van der Waals surface area contributed by atoms with Crippen molar-refractivity contribution in [1.29, 1.82) is 0 Å². The Labute approximate surface area is 225 Å². The molecule has 1 aromatic heterocycles. The first kappa shape index (κ1) is 24.1. The molecule has 2 unspecified atom stereocenters. The summed E-state index contributed by atoms with van der Waals surface area (Å²) in [6.07, 6.45) is 7.21. The molecule has 3 aromatic rings. The standard InChI is InChI=1S/C27H26N6O4S/c1-34-21-9-18-19(10-22(21)35-2)32-25-24(18)26(31-13-30-25)33-27-28-11-16(12-29-27)7-17(38)5-3-15-4-6-20-23(8-15)37-14-36-20/h4,6,8-13,24-25,32H,3,5,7,14H2,1-2H3,(H,28,29,30,31,33). The molecule has 0 amide bonds. The van der Waals surface area contributed by atoms with Crippen molar-refractivity contribution < 1.29 is 18.9 Å². The number of aryl methyl sites for hydroxylation is 1. The molecule has 11 heteroatoms. The Morgan fingerprint density at radius 3 is 2.66 bits per heavy atom. The van der Waals surface area contributed by atoms with E-state index in [-0.39, 0.29) is 18.9 Å². The number of nitrogens with one attached hydrogen (secondary N) is 2. The maximum Gasteiger partial charge on any atom is 0.231 e. The highest BCUT2D eigenvalue weighted by atomic mass is 32.1. The molecular weight excluding hydrogens is 504 g/mol. The molecule has 0 bridgehead atoms. The Bertz CT molecular complexity index is 1440. The first-order chi connectivity index (χ1) is 18.6. The van der Waals surface area contributed by atoms with Gasteiger partial charge in [-0.2, -0.15) is 0 Å². The third-order valence-corrected chi connectivity index (χ3v) is 7.05. The van der Waals surface area contributed by atoms with Crippen molar-refractivity contribution in [3.05, 3.63) is 59.4 Å². The minimum atomic E-state index is -0.191. The molecule has 10 nitrogen and oxygen atoms in total. The van der Waals surface area contributed by atoms with Crippen molar-refractivity contribution in [2.24, 2.45) is 9.98 Å². The van der Waals surface area contributed by atoms with Gasteiger partial charge in [-0.05, 0) is 52.6 Å². The van der Waals surface area contributed by atoms with E-state index in [0.29, 0.717) is 29.7 Å². The highest BCUT2D eigenvalue weighted by molar-refractivity contribution is 7.80. The second-order valence-corrected chi connectivity index (χ2v) is 9.66. The number of rotatable bonds is 8. The molecule has 2 aromatic carbocycles. The zero-order valence-corrected chi connectivity index (χ0v) is 21.7. The molecule has 2 N–H and O–H groups in total. The zero-order valence-electron chi connectivity index (χ0n) is 20.9. The van der Waals surface area contributed by atoms with Crippen LogP contribution in [0.25, 0.3) is 0 Å². The second kappa shape index (κ2) is 10.3. The van der Waals surface area contributed by atoms with Gasteiger partial charge in [0.05, 0.1) is 20.1 Å². The first-order valence-corrected chi connectivity index (χ1v) is 12.6. The van der Waals surface area contributed by atoms with Crippen LogP contribution < -0.4 is 29.6 Å². The largest absolute Gasteiger partial charge is 0.493 e. The fraction of sp³-hybridized carbons (Fsp3) is 0.296. The molecule has 0 saturated heterocycles. The van der Waals surface area contributed by atoms with Gasteiger partial charge in [-0.15, -0.1) is 0 Å². The lowest BCUT2D eigenvalue weighted by atomic mass is 9.96. The summed E-state index contributed by atoms with van der Waals surface area (Å²) in [4.78, 5) is 19.0. The number of nitrogens with zero attached hydrogens (tertiary/aromatic N) is 4. The molecule has 38 heavy (non-hydrogen) atoms. The number of anilines is 2. The van der Waals surface area contributed by atoms with Crippen LogP contribution in [0.3, 0.4) is 0 Å². The number of aromatic nitrogens is 2. The van der Waals surface area contributed by atoms with Gasteiger partial charge in [-0.25, -0.2) is 20.0 Å². The average molecular weight is 531 g/mol. The molecular formula is C27H26N6O4S. The van der Waals surface area contributed by atoms with Gasteiger partial charge in [0.2, 0.25) is 12.7 Å². The average Bonchev–Trinajstić information content (AvgIpc) is 3.56. The summed E-state index contributed by atoms with van der Waals surface area (Å²) in [5.74, 6) is 3.91. The summed E-state index contributed by atoms with van der Waals surface area (Å²) in [7, 11) is 3.24. The Kier molecular flexibility index (Phi) is 6.50. The molecule has 194 valence electrons. The zero-order chi connectivity index (χ0) is 26.1. The molecule has 3 aliphatic rings. The van der Waals surface area contributed by atoms with Gasteiger partial charge in [-0.1, -0.05) is 18.3 Å². The summed E-state index contributed by atoms with van der Waals surface area (Å²) < 4.78 is 21.8. The van der Waals surface area contributed by atoms with Crippen molar-refractivity contribution in [2.45, 2.75) is 31.3 Å². The number of benzene rings is 2. The van der Waals surface area contributed by atoms with Crippen LogP contribution in [0.2, 0.25) is 0 Å². The van der Waals surface area contributed by atoms with Crippen molar-refractivity contribution in [3.63, 3.8) is 0 Å². The predicted octanol–water partition coefficient (Wildman–Crippen LogP) is 4.16. The van der Waals surface area contributed by atoms with E-state index < -0.39 is 0 Å². The minimum absolute atomic E-state index is 0.137. The van der Waals surface area contributed by atoms with Crippen LogP contribution in [0.1, 0.15) is 29.0 Å². The Hall–Kier alpha value is -4.25. The van der Waals surface area contributed by atoms with E-state index in [1.165, 1.54) is 5.56 Å². The summed E-state index contributed by atoms with van der Waals surface area (Å²) in [5, 5.41) is 6.70. The van der Waals surface area contributed by atoms with Crippen LogP contribution in [0.15, 0.2) is 52.7 Å². The molecule has 4 heterocycles. The quantitative estimate of drug-likeness (QED) is 0.415. The van der Waals surface area contributed by atoms with Gasteiger partial charge < -0.3 is 29.6 Å². The van der Waals surface area contributed by atoms with E-state index in [4.69, 9.17) is 31.2 Å². The molecule has 0 aliphatic carbocycles. The molecule has 2 atom stereocenters. The number of amidine groups is 1. The Morgan fingerprint density at radius 2 is 1.84 bits per heavy atom. The highest BCUT2D eigenvalue weighted by Crippen LogP contribution is 2.44. The van der Waals surface area contributed by atoms with Crippen LogP contribution in [0.5, 0.6) is 23.0 Å². The van der Waals surface area contributed by atoms with Gasteiger partial charge in [0, 0.05) is 30.6 Å². The lowest BCUT2D eigenvalue weighted by Gasteiger charge is -2.22. The molecule has 3 aliphatic heterocycles. The highest BCUT2D eigenvalue weighted by Gasteiger charge is 2.38. The molecule has 6 rings (SSSR count). The van der Waals surface area contributed by atoms with Crippen molar-refractivity contribution in [3.8, 4) is 23.0 Å². The van der Waals surface area contributed by atoms with Gasteiger partial charge in [0.25, 0.3) is 0 Å². The van der Waals surface area contributed by atoms with E-state index in [1.54, 1.807) is 33.0 Å². The number of thiocarbonyl (C=S) groups is 1. The first-order valence-electron chi connectivity index (χ1n) is 12.2. The summed E-state index contributed by atoms with van der Waals surface area (Å²) >= 11 is 5.64. The predicted molar refractivity (Wildman–Crippen MR) is 148 cm³/mol. The maximum absolute atomic E-state index is 5.64. The van der Waals surface area contributed by atoms with E-state index in [2.05, 4.69) is 30.6 Å². The van der Waals surface area contributed by atoms with Crippen molar-refractivity contribution in [1.82, 2.24) is 9.97 Å². The van der Waals surface area contributed by atoms with Crippen LogP contribution in [0, 0.1) is 0 Å². The van der Waals surface area contributed by atoms with E-state index >= 15 is 0 Å². The van der Waals surface area contributed by atoms with Crippen LogP contribution in [-0.2, 0) is 12.8 Å². The van der Waals surface area contributed by atoms with Gasteiger partial charge in [-0.3, -0.25) is 0 Å². The maximum atomic E-state index is 5.64. The monoisotopic (exact) mass is 530 g/mol. The third-order valence-electron chi connectivity index (χ3n) is 6.70. The van der Waals surface area contributed by atoms with E-state index in [1.807, 2.05) is 30.3 Å². The summed E-state index contributed by atoms with van der Waals surface area (Å²) in [6, 6.07) is 9.88. The number of fused-ring (bicyclic) bond motifs is 4. The SMILES string of the molecule is COc1cc2c(cc1OC)C1C(Nc3ncc(CC(=S)CCc4ccc5c(c4)OCO5)cn3)=NC=NC1N2. The summed E-state index contributed by atoms with van der Waals surface area (Å²) in [5.41, 5.74) is 4.07. The fourth-order valence-electron chi connectivity index (χ4n) is 4.79. The lowest BCUT2D eigenvalue weighted by molar-refractivity contribution is 0.174. The number of methoxy groups -OCH3 is 2. The van der Waals surface area contributed by atoms with Gasteiger partial charge in [0.15, 0.2) is 23.0 Å². The summed E-state index contributed by atoms with van der Waals surface area (Å²) in [6.45, 7) is 0.276. The van der Waals surface area contributed by atoms with E-state index in [9.17, 15) is 0 Å². The normalized spacial score (nSPS) is 18.2. The third kappa shape index (κ3) is 4.72. The smallest absolute Gasteiger partial charge is 0.231 e. The molecule has 0 saturated carbocycles. The van der Waals surface area contributed by atoms with E-state index in [0.717, 1.165) is 46.0 Å². The number of hydrogen-bond donors (Lipinski definition) is 2. The van der Waals surface area contributed by atoms with Crippen LogP contribution in [0.4, 0.5) is 11.6 Å².